The second kappa shape index (κ2) is 6.60. The standard InChI is InChI=1S/C19H21ClN2O2/c20-15-5-6-17-16(12-15)21-19(24-17)14-7-9-22(10-8-14)18(23)11-13-3-1-2-4-13/h1,3,5-6,12-14H,2,4,7-11H2. The molecule has 0 bridgehead atoms. The lowest BCUT2D eigenvalue weighted by Crippen LogP contribution is -2.38. The third-order valence-corrected chi connectivity index (χ3v) is 5.35. The van der Waals surface area contributed by atoms with Gasteiger partial charge in [-0.2, -0.15) is 0 Å². The predicted molar refractivity (Wildman–Crippen MR) is 94.1 cm³/mol. The van der Waals surface area contributed by atoms with Crippen molar-refractivity contribution in [2.75, 3.05) is 13.1 Å². The molecule has 126 valence electrons. The summed E-state index contributed by atoms with van der Waals surface area (Å²) in [6.07, 6.45) is 9.08. The average Bonchev–Trinajstić information content (AvgIpc) is 3.24. The van der Waals surface area contributed by atoms with E-state index in [2.05, 4.69) is 17.1 Å². The zero-order valence-electron chi connectivity index (χ0n) is 13.6. The summed E-state index contributed by atoms with van der Waals surface area (Å²) in [5, 5.41) is 0.670. The molecule has 1 aliphatic carbocycles. The van der Waals surface area contributed by atoms with E-state index in [0.717, 1.165) is 55.8 Å². The molecule has 4 nitrogen and oxygen atoms in total. The fourth-order valence-corrected chi connectivity index (χ4v) is 3.85. The number of piperidine rings is 1. The quantitative estimate of drug-likeness (QED) is 0.768. The molecule has 2 heterocycles. The van der Waals surface area contributed by atoms with E-state index in [0.29, 0.717) is 17.4 Å². The van der Waals surface area contributed by atoms with E-state index in [9.17, 15) is 4.79 Å². The fourth-order valence-electron chi connectivity index (χ4n) is 3.69. The number of hydrogen-bond donors (Lipinski definition) is 0. The number of fused-ring (bicyclic) bond motifs is 1. The van der Waals surface area contributed by atoms with E-state index in [-0.39, 0.29) is 11.8 Å². The largest absolute Gasteiger partial charge is 0.440 e. The van der Waals surface area contributed by atoms with Gasteiger partial charge in [0.15, 0.2) is 11.5 Å². The lowest BCUT2D eigenvalue weighted by Gasteiger charge is -2.31. The van der Waals surface area contributed by atoms with Gasteiger partial charge >= 0.3 is 0 Å². The number of benzene rings is 1. The number of carbonyl (C=O) groups is 1. The van der Waals surface area contributed by atoms with Crippen molar-refractivity contribution in [3.63, 3.8) is 0 Å². The summed E-state index contributed by atoms with van der Waals surface area (Å²) in [5.41, 5.74) is 1.59. The number of halogens is 1. The Bertz CT molecular complexity index is 775. The first-order chi connectivity index (χ1) is 11.7. The molecule has 1 fully saturated rings. The van der Waals surface area contributed by atoms with E-state index in [1.165, 1.54) is 0 Å². The summed E-state index contributed by atoms with van der Waals surface area (Å²) in [5.74, 6) is 1.79. The van der Waals surface area contributed by atoms with Crippen LogP contribution in [0.5, 0.6) is 0 Å². The van der Waals surface area contributed by atoms with Crippen LogP contribution >= 0.6 is 11.6 Å². The smallest absolute Gasteiger partial charge is 0.223 e. The summed E-state index contributed by atoms with van der Waals surface area (Å²) >= 11 is 6.01. The SMILES string of the molecule is O=C(CC1C=CCC1)N1CCC(c2nc3cc(Cl)ccc3o2)CC1. The molecule has 0 spiro atoms. The number of oxazole rings is 1. The van der Waals surface area contributed by atoms with Gasteiger partial charge in [-0.25, -0.2) is 4.98 Å². The van der Waals surface area contributed by atoms with Gasteiger partial charge in [0.05, 0.1) is 0 Å². The minimum atomic E-state index is 0.284. The molecule has 2 aromatic rings. The molecule has 2 aliphatic rings. The maximum atomic E-state index is 12.4. The van der Waals surface area contributed by atoms with Gasteiger partial charge in [0.25, 0.3) is 0 Å². The minimum Gasteiger partial charge on any atom is -0.440 e. The van der Waals surface area contributed by atoms with Gasteiger partial charge in [-0.1, -0.05) is 23.8 Å². The van der Waals surface area contributed by atoms with Gasteiger partial charge in [-0.15, -0.1) is 0 Å². The van der Waals surface area contributed by atoms with E-state index < -0.39 is 0 Å². The van der Waals surface area contributed by atoms with E-state index in [4.69, 9.17) is 16.0 Å². The van der Waals surface area contributed by atoms with Crippen molar-refractivity contribution in [3.8, 4) is 0 Å². The van der Waals surface area contributed by atoms with Gasteiger partial charge in [-0.3, -0.25) is 4.79 Å². The van der Waals surface area contributed by atoms with Crippen LogP contribution in [0.2, 0.25) is 5.02 Å². The Hall–Kier alpha value is -1.81. The lowest BCUT2D eigenvalue weighted by atomic mass is 9.95. The molecule has 0 saturated carbocycles. The highest BCUT2D eigenvalue weighted by Gasteiger charge is 2.28. The van der Waals surface area contributed by atoms with E-state index in [1.807, 2.05) is 23.1 Å². The Morgan fingerprint density at radius 2 is 2.12 bits per heavy atom. The highest BCUT2D eigenvalue weighted by molar-refractivity contribution is 6.31. The van der Waals surface area contributed by atoms with Crippen LogP contribution in [-0.4, -0.2) is 28.9 Å². The average molecular weight is 345 g/mol. The fraction of sp³-hybridized carbons (Fsp3) is 0.474. The number of allylic oxidation sites excluding steroid dienone is 2. The van der Waals surface area contributed by atoms with Crippen LogP contribution in [0.15, 0.2) is 34.8 Å². The number of aromatic nitrogens is 1. The molecule has 24 heavy (non-hydrogen) atoms. The normalized spacial score (nSPS) is 21.7. The molecule has 1 saturated heterocycles. The second-order valence-corrected chi connectivity index (χ2v) is 7.23. The highest BCUT2D eigenvalue weighted by atomic mass is 35.5. The molecule has 1 aliphatic heterocycles. The monoisotopic (exact) mass is 344 g/mol. The minimum absolute atomic E-state index is 0.284. The number of carbonyl (C=O) groups excluding carboxylic acids is 1. The number of rotatable bonds is 3. The Morgan fingerprint density at radius 1 is 1.29 bits per heavy atom. The molecule has 0 N–H and O–H groups in total. The van der Waals surface area contributed by atoms with Crippen molar-refractivity contribution in [2.24, 2.45) is 5.92 Å². The molecule has 1 aromatic heterocycles. The summed E-state index contributed by atoms with van der Waals surface area (Å²) < 4.78 is 5.88. The number of likely N-dealkylation sites (tertiary alicyclic amines) is 1. The number of amides is 1. The second-order valence-electron chi connectivity index (χ2n) is 6.79. The van der Waals surface area contributed by atoms with Crippen LogP contribution in [0.1, 0.15) is 43.9 Å². The van der Waals surface area contributed by atoms with Crippen LogP contribution < -0.4 is 0 Å². The molecule has 4 rings (SSSR count). The van der Waals surface area contributed by atoms with Gasteiger partial charge in [-0.05, 0) is 49.8 Å². The maximum Gasteiger partial charge on any atom is 0.223 e. The van der Waals surface area contributed by atoms with Crippen molar-refractivity contribution in [1.82, 2.24) is 9.88 Å². The number of hydrogen-bond acceptors (Lipinski definition) is 3. The van der Waals surface area contributed by atoms with Crippen molar-refractivity contribution < 1.29 is 9.21 Å². The van der Waals surface area contributed by atoms with Crippen LogP contribution in [0.25, 0.3) is 11.1 Å². The molecule has 5 heteroatoms. The van der Waals surface area contributed by atoms with Gasteiger partial charge in [0.1, 0.15) is 5.52 Å². The van der Waals surface area contributed by atoms with Gasteiger partial charge < -0.3 is 9.32 Å². The zero-order chi connectivity index (χ0) is 16.5. The third-order valence-electron chi connectivity index (χ3n) is 5.11. The molecule has 1 atom stereocenters. The zero-order valence-corrected chi connectivity index (χ0v) is 14.3. The third kappa shape index (κ3) is 3.20. The predicted octanol–water partition coefficient (Wildman–Crippen LogP) is 4.54. The summed E-state index contributed by atoms with van der Waals surface area (Å²) in [4.78, 5) is 19.0. The van der Waals surface area contributed by atoms with Crippen molar-refractivity contribution in [2.45, 2.75) is 38.0 Å². The van der Waals surface area contributed by atoms with E-state index >= 15 is 0 Å². The first-order valence-corrected chi connectivity index (χ1v) is 9.07. The molecule has 1 aromatic carbocycles. The Labute approximate surface area is 146 Å². The Kier molecular flexibility index (Phi) is 4.31. The van der Waals surface area contributed by atoms with Crippen molar-refractivity contribution >= 4 is 28.6 Å². The molecule has 1 amide bonds. The lowest BCUT2D eigenvalue weighted by molar-refractivity contribution is -0.133. The first-order valence-electron chi connectivity index (χ1n) is 8.69. The van der Waals surface area contributed by atoms with Crippen molar-refractivity contribution in [3.05, 3.63) is 41.3 Å². The first kappa shape index (κ1) is 15.7. The Morgan fingerprint density at radius 3 is 2.88 bits per heavy atom. The summed E-state index contributed by atoms with van der Waals surface area (Å²) in [7, 11) is 0. The molecular weight excluding hydrogens is 324 g/mol. The Balaban J connectivity index is 1.38. The summed E-state index contributed by atoms with van der Waals surface area (Å²) in [6.45, 7) is 1.58. The highest BCUT2D eigenvalue weighted by Crippen LogP contribution is 2.31. The molecule has 1 unspecified atom stereocenters. The summed E-state index contributed by atoms with van der Waals surface area (Å²) in [6, 6.07) is 5.51. The van der Waals surface area contributed by atoms with E-state index in [1.54, 1.807) is 0 Å². The van der Waals surface area contributed by atoms with Crippen LogP contribution in [0, 0.1) is 5.92 Å². The topological polar surface area (TPSA) is 46.3 Å². The number of nitrogens with zero attached hydrogens (tertiary/aromatic N) is 2. The van der Waals surface area contributed by atoms with Crippen LogP contribution in [0.3, 0.4) is 0 Å². The van der Waals surface area contributed by atoms with Crippen LogP contribution in [0.4, 0.5) is 0 Å². The molecular formula is C19H21ClN2O2. The van der Waals surface area contributed by atoms with Crippen molar-refractivity contribution in [1.29, 1.82) is 0 Å². The maximum absolute atomic E-state index is 12.4. The van der Waals surface area contributed by atoms with Gasteiger partial charge in [0, 0.05) is 30.5 Å². The van der Waals surface area contributed by atoms with Crippen LogP contribution in [-0.2, 0) is 4.79 Å². The molecule has 0 radical (unpaired) electrons. The van der Waals surface area contributed by atoms with Gasteiger partial charge in [0.2, 0.25) is 5.91 Å².